The highest BCUT2D eigenvalue weighted by Gasteiger charge is 1.93. The first-order valence-electron chi connectivity index (χ1n) is 2.42. The third-order valence-electron chi connectivity index (χ3n) is 0.808. The van der Waals surface area contributed by atoms with Crippen LogP contribution in [0.3, 0.4) is 0 Å². The van der Waals surface area contributed by atoms with Crippen molar-refractivity contribution in [3.63, 3.8) is 0 Å². The van der Waals surface area contributed by atoms with E-state index in [1.165, 1.54) is 0 Å². The quantitative estimate of drug-likeness (QED) is 0.473. The smallest absolute Gasteiger partial charge is 0.227 e. The molecule has 0 fully saturated rings. The van der Waals surface area contributed by atoms with Crippen molar-refractivity contribution < 1.29 is 9.94 Å². The second kappa shape index (κ2) is 2.35. The first-order valence-corrected chi connectivity index (χ1v) is 2.42. The number of aliphatic hydroxyl groups excluding tert-OH is 1. The van der Waals surface area contributed by atoms with Gasteiger partial charge in [0.25, 0.3) is 0 Å². The lowest BCUT2D eigenvalue weighted by Crippen LogP contribution is -1.91. The van der Waals surface area contributed by atoms with Gasteiger partial charge in [-0.2, -0.15) is 0 Å². The van der Waals surface area contributed by atoms with Gasteiger partial charge in [0, 0.05) is 6.42 Å². The third-order valence-corrected chi connectivity index (χ3v) is 0.808. The highest BCUT2D eigenvalue weighted by Crippen LogP contribution is 1.92. The highest BCUT2D eigenvalue weighted by atomic mass is 16.6. The zero-order chi connectivity index (χ0) is 5.82. The van der Waals surface area contributed by atoms with Crippen LogP contribution in [0.4, 0.5) is 0 Å². The second-order valence-corrected chi connectivity index (χ2v) is 1.48. The van der Waals surface area contributed by atoms with Crippen LogP contribution in [0.2, 0.25) is 0 Å². The number of nitrogens with zero attached hydrogens (tertiary/aromatic N) is 1. The molecule has 0 saturated heterocycles. The van der Waals surface area contributed by atoms with E-state index < -0.39 is 0 Å². The molecule has 3 nitrogen and oxygen atoms in total. The Morgan fingerprint density at radius 2 is 2.50 bits per heavy atom. The number of rotatable bonds is 0. The van der Waals surface area contributed by atoms with Gasteiger partial charge in [0.2, 0.25) is 5.90 Å². The molecule has 0 unspecified atom stereocenters. The summed E-state index contributed by atoms with van der Waals surface area (Å²) in [7, 11) is 0. The van der Waals surface area contributed by atoms with Gasteiger partial charge in [0.05, 0.1) is 0 Å². The second-order valence-electron chi connectivity index (χ2n) is 1.48. The molecule has 3 heteroatoms. The molecular formula is C5H7NO2. The van der Waals surface area contributed by atoms with Gasteiger partial charge in [-0.15, -0.1) is 0 Å². The van der Waals surface area contributed by atoms with Crippen LogP contribution in [-0.2, 0) is 4.84 Å². The SMILES string of the molecule is OC1=NOCC=CC1. The molecule has 0 radical (unpaired) electrons. The fraction of sp³-hybridized carbons (Fsp3) is 0.400. The fourth-order valence-electron chi connectivity index (χ4n) is 0.449. The van der Waals surface area contributed by atoms with Crippen LogP contribution in [0.25, 0.3) is 0 Å². The number of hydrogen-bond donors (Lipinski definition) is 1. The first kappa shape index (κ1) is 5.15. The maximum Gasteiger partial charge on any atom is 0.227 e. The molecule has 0 amide bonds. The molecule has 0 bridgehead atoms. The molecule has 1 aliphatic heterocycles. The molecule has 8 heavy (non-hydrogen) atoms. The van der Waals surface area contributed by atoms with Crippen molar-refractivity contribution >= 4 is 5.90 Å². The molecule has 0 spiro atoms. The minimum Gasteiger partial charge on any atom is -0.494 e. The molecule has 0 saturated carbocycles. The third kappa shape index (κ3) is 1.26. The summed E-state index contributed by atoms with van der Waals surface area (Å²) < 4.78 is 0. The standard InChI is InChI=1S/C5H7NO2/c7-5-3-1-2-4-8-6-5/h1-2H,3-4H2,(H,6,7). The lowest BCUT2D eigenvalue weighted by atomic mass is 10.4. The number of aliphatic hydroxyl groups is 1. The Balaban J connectivity index is 2.51. The average Bonchev–Trinajstić information content (AvgIpc) is 1.94. The van der Waals surface area contributed by atoms with E-state index in [1.807, 2.05) is 12.2 Å². The Morgan fingerprint density at radius 1 is 1.62 bits per heavy atom. The predicted molar refractivity (Wildman–Crippen MR) is 29.8 cm³/mol. The fourth-order valence-corrected chi connectivity index (χ4v) is 0.449. The maximum atomic E-state index is 8.66. The monoisotopic (exact) mass is 113 g/mol. The van der Waals surface area contributed by atoms with E-state index in [2.05, 4.69) is 9.99 Å². The van der Waals surface area contributed by atoms with Crippen molar-refractivity contribution in [3.05, 3.63) is 12.2 Å². The van der Waals surface area contributed by atoms with Crippen LogP contribution >= 0.6 is 0 Å². The molecular weight excluding hydrogens is 106 g/mol. The molecule has 1 N–H and O–H groups in total. The van der Waals surface area contributed by atoms with Crippen molar-refractivity contribution in [2.45, 2.75) is 6.42 Å². The summed E-state index contributed by atoms with van der Waals surface area (Å²) >= 11 is 0. The van der Waals surface area contributed by atoms with Gasteiger partial charge < -0.3 is 9.94 Å². The first-order chi connectivity index (χ1) is 3.89. The lowest BCUT2D eigenvalue weighted by Gasteiger charge is -1.88. The van der Waals surface area contributed by atoms with Gasteiger partial charge in [-0.1, -0.05) is 11.2 Å². The van der Waals surface area contributed by atoms with Crippen LogP contribution in [0.15, 0.2) is 17.3 Å². The predicted octanol–water partition coefficient (Wildman–Crippen LogP) is 0.834. The molecule has 0 aliphatic carbocycles. The van der Waals surface area contributed by atoms with E-state index in [4.69, 9.17) is 5.11 Å². The van der Waals surface area contributed by atoms with Crippen LogP contribution in [0.1, 0.15) is 6.42 Å². The number of hydrogen-bond acceptors (Lipinski definition) is 2. The summed E-state index contributed by atoms with van der Waals surface area (Å²) in [6.07, 6.45) is 4.11. The van der Waals surface area contributed by atoms with Crippen molar-refractivity contribution in [1.29, 1.82) is 0 Å². The molecule has 0 aromatic heterocycles. The molecule has 0 aromatic carbocycles. The Kier molecular flexibility index (Phi) is 1.51. The van der Waals surface area contributed by atoms with E-state index in [-0.39, 0.29) is 5.90 Å². The topological polar surface area (TPSA) is 41.8 Å². The largest absolute Gasteiger partial charge is 0.494 e. The zero-order valence-corrected chi connectivity index (χ0v) is 4.37. The molecule has 1 aliphatic rings. The Hall–Kier alpha value is -0.990. The zero-order valence-electron chi connectivity index (χ0n) is 4.37. The van der Waals surface area contributed by atoms with E-state index in [0.29, 0.717) is 13.0 Å². The summed E-state index contributed by atoms with van der Waals surface area (Å²) in [6, 6.07) is 0. The Labute approximate surface area is 47.3 Å². The minimum absolute atomic E-state index is 0.0405. The summed E-state index contributed by atoms with van der Waals surface area (Å²) in [5.74, 6) is 0.0405. The molecule has 0 aromatic rings. The number of oxime groups is 1. The van der Waals surface area contributed by atoms with Crippen LogP contribution in [-0.4, -0.2) is 17.6 Å². The summed E-state index contributed by atoms with van der Waals surface area (Å²) in [6.45, 7) is 0.462. The van der Waals surface area contributed by atoms with Crippen molar-refractivity contribution in [2.75, 3.05) is 6.61 Å². The highest BCUT2D eigenvalue weighted by molar-refractivity contribution is 5.74. The van der Waals surface area contributed by atoms with Crippen molar-refractivity contribution in [1.82, 2.24) is 0 Å². The van der Waals surface area contributed by atoms with Gasteiger partial charge >= 0.3 is 0 Å². The normalized spacial score (nSPS) is 18.8. The van der Waals surface area contributed by atoms with Gasteiger partial charge in [0.15, 0.2) is 0 Å². The molecule has 44 valence electrons. The molecule has 1 rings (SSSR count). The summed E-state index contributed by atoms with van der Waals surface area (Å²) in [4.78, 5) is 4.56. The average molecular weight is 113 g/mol. The van der Waals surface area contributed by atoms with Gasteiger partial charge in [-0.3, -0.25) is 0 Å². The maximum absolute atomic E-state index is 8.66. The van der Waals surface area contributed by atoms with Crippen LogP contribution in [0, 0.1) is 0 Å². The Bertz CT molecular complexity index is 128. The minimum atomic E-state index is 0.0405. The van der Waals surface area contributed by atoms with Gasteiger partial charge in [-0.25, -0.2) is 0 Å². The molecule has 0 atom stereocenters. The van der Waals surface area contributed by atoms with Crippen LogP contribution in [0.5, 0.6) is 0 Å². The van der Waals surface area contributed by atoms with E-state index >= 15 is 0 Å². The van der Waals surface area contributed by atoms with Crippen LogP contribution < -0.4 is 0 Å². The van der Waals surface area contributed by atoms with E-state index in [0.717, 1.165) is 0 Å². The summed E-state index contributed by atoms with van der Waals surface area (Å²) in [5, 5.41) is 12.0. The van der Waals surface area contributed by atoms with Gasteiger partial charge in [0.1, 0.15) is 6.61 Å². The molecule has 1 heterocycles. The van der Waals surface area contributed by atoms with E-state index in [9.17, 15) is 0 Å². The summed E-state index contributed by atoms with van der Waals surface area (Å²) in [5.41, 5.74) is 0. The van der Waals surface area contributed by atoms with E-state index in [1.54, 1.807) is 0 Å². The van der Waals surface area contributed by atoms with Gasteiger partial charge in [-0.05, 0) is 6.08 Å². The lowest BCUT2D eigenvalue weighted by molar-refractivity contribution is 0.168. The Morgan fingerprint density at radius 3 is 3.38 bits per heavy atom. The van der Waals surface area contributed by atoms with Crippen molar-refractivity contribution in [2.24, 2.45) is 5.16 Å². The van der Waals surface area contributed by atoms with Crippen molar-refractivity contribution in [3.8, 4) is 0 Å².